The van der Waals surface area contributed by atoms with Gasteiger partial charge in [0.05, 0.1) is 29.2 Å². The molecule has 246 valence electrons. The first kappa shape index (κ1) is 29.8. The highest BCUT2D eigenvalue weighted by Crippen LogP contribution is 2.43. The maximum Gasteiger partial charge on any atom is 0.319 e. The van der Waals surface area contributed by atoms with E-state index in [1.807, 2.05) is 6.07 Å². The Kier molecular flexibility index (Phi) is 7.20. The number of ether oxygens (including phenoxy) is 3. The van der Waals surface area contributed by atoms with E-state index < -0.39 is 5.82 Å². The van der Waals surface area contributed by atoms with Crippen molar-refractivity contribution >= 4 is 39.1 Å². The fraction of sp³-hybridized carbons (Fsp3) is 0.514. The van der Waals surface area contributed by atoms with Gasteiger partial charge in [0.15, 0.2) is 5.82 Å². The molecule has 9 rings (SSSR count). The molecule has 2 aromatic heterocycles. The first-order chi connectivity index (χ1) is 22.9. The van der Waals surface area contributed by atoms with E-state index in [0.717, 1.165) is 58.2 Å². The summed E-state index contributed by atoms with van der Waals surface area (Å²) in [5.74, 6) is -0.00690. The molecule has 2 aromatic carbocycles. The molecule has 4 fully saturated rings. The molecule has 2 N–H and O–H groups in total. The zero-order valence-electron chi connectivity index (χ0n) is 26.2. The minimum atomic E-state index is -0.611. The molecule has 7 bridgehead atoms. The van der Waals surface area contributed by atoms with Gasteiger partial charge in [0.1, 0.15) is 29.4 Å². The van der Waals surface area contributed by atoms with Gasteiger partial charge >= 0.3 is 6.01 Å². The summed E-state index contributed by atoms with van der Waals surface area (Å²) in [6, 6.07) is 8.90. The highest BCUT2D eigenvalue weighted by Gasteiger charge is 2.50. The minimum absolute atomic E-state index is 0.00421. The van der Waals surface area contributed by atoms with Crippen LogP contribution >= 0.6 is 11.6 Å². The van der Waals surface area contributed by atoms with Gasteiger partial charge in [0, 0.05) is 61.1 Å². The van der Waals surface area contributed by atoms with E-state index in [1.165, 1.54) is 6.07 Å². The SMILES string of the molecule is Oc1cc(-c2ncc3c4nc(nc3c2F)OC[C@]23CCCN2C[C@@H](C3)OCCCOC[C@@]23CC[C@@H](CN4C2)N3)c2c(Cl)cccc2c1. The fourth-order valence-corrected chi connectivity index (χ4v) is 9.11. The summed E-state index contributed by atoms with van der Waals surface area (Å²) in [5.41, 5.74) is 0.183. The van der Waals surface area contributed by atoms with Crippen molar-refractivity contribution in [2.45, 2.75) is 61.7 Å². The Morgan fingerprint density at radius 3 is 2.96 bits per heavy atom. The standard InChI is InChI=1S/C35H38ClFN6O4/c36-27-5-1-4-21-12-23(44)13-25(28(21)27)30-29(37)31-26(15-38-30)32-40-33(39-31)47-20-35-7-2-9-43(35)17-24(14-35)46-11-3-10-45-19-34-8-6-22(41-34)16-42(32)18-34/h1,4-5,12-13,15,22,24,41,44H,2-3,6-11,14,16-20H2/t22-,24+,34+,35+/m0/s1. The van der Waals surface area contributed by atoms with Gasteiger partial charge in [-0.1, -0.05) is 23.7 Å². The van der Waals surface area contributed by atoms with Crippen LogP contribution in [0.25, 0.3) is 32.9 Å². The third kappa shape index (κ3) is 5.09. The molecule has 0 radical (unpaired) electrons. The van der Waals surface area contributed by atoms with Crippen LogP contribution in [-0.4, -0.2) is 101 Å². The van der Waals surface area contributed by atoms with Crippen molar-refractivity contribution in [2.75, 3.05) is 57.5 Å². The molecule has 47 heavy (non-hydrogen) atoms. The number of halogens is 2. The number of rotatable bonds is 1. The Hall–Kier alpha value is -3.35. The number of aromatic hydroxyl groups is 1. The highest BCUT2D eigenvalue weighted by molar-refractivity contribution is 6.36. The van der Waals surface area contributed by atoms with E-state index in [4.69, 9.17) is 35.8 Å². The average molecular weight is 661 g/mol. The van der Waals surface area contributed by atoms with Crippen LogP contribution in [0.2, 0.25) is 5.02 Å². The van der Waals surface area contributed by atoms with Crippen LogP contribution in [0.4, 0.5) is 10.2 Å². The number of hydrogen-bond donors (Lipinski definition) is 2. The monoisotopic (exact) mass is 660 g/mol. The summed E-state index contributed by atoms with van der Waals surface area (Å²) in [6.07, 6.45) is 7.63. The topological polar surface area (TPSA) is 105 Å². The normalized spacial score (nSPS) is 29.6. The molecular weight excluding hydrogens is 623 g/mol. The van der Waals surface area contributed by atoms with Crippen molar-refractivity contribution < 1.29 is 23.7 Å². The van der Waals surface area contributed by atoms with E-state index in [2.05, 4.69) is 20.1 Å². The fourth-order valence-electron chi connectivity index (χ4n) is 8.83. The number of benzene rings is 2. The van der Waals surface area contributed by atoms with Gasteiger partial charge < -0.3 is 29.5 Å². The van der Waals surface area contributed by atoms with Crippen molar-refractivity contribution in [1.82, 2.24) is 25.2 Å². The summed E-state index contributed by atoms with van der Waals surface area (Å²) in [6.45, 7) is 5.55. The lowest BCUT2D eigenvalue weighted by atomic mass is 9.94. The molecule has 4 atom stereocenters. The maximum absolute atomic E-state index is 16.9. The van der Waals surface area contributed by atoms with Crippen molar-refractivity contribution in [3.8, 4) is 23.0 Å². The van der Waals surface area contributed by atoms with Gasteiger partial charge in [-0.15, -0.1) is 0 Å². The Morgan fingerprint density at radius 2 is 2.02 bits per heavy atom. The van der Waals surface area contributed by atoms with Gasteiger partial charge in [0.25, 0.3) is 0 Å². The molecule has 5 aliphatic rings. The number of pyridine rings is 1. The number of hydrogen-bond acceptors (Lipinski definition) is 10. The number of nitrogens with zero attached hydrogens (tertiary/aromatic N) is 5. The summed E-state index contributed by atoms with van der Waals surface area (Å²) < 4.78 is 36.0. The van der Waals surface area contributed by atoms with E-state index in [1.54, 1.807) is 24.4 Å². The third-order valence-electron chi connectivity index (χ3n) is 10.9. The predicted octanol–water partition coefficient (Wildman–Crippen LogP) is 5.08. The zero-order valence-corrected chi connectivity index (χ0v) is 26.9. The predicted molar refractivity (Wildman–Crippen MR) is 177 cm³/mol. The Balaban J connectivity index is 1.19. The molecule has 4 saturated heterocycles. The molecule has 10 nitrogen and oxygen atoms in total. The number of piperazine rings is 1. The number of aromatic nitrogens is 3. The Labute approximate surface area is 277 Å². The third-order valence-corrected chi connectivity index (χ3v) is 11.2. The van der Waals surface area contributed by atoms with Gasteiger partial charge in [0.2, 0.25) is 0 Å². The molecule has 0 saturated carbocycles. The van der Waals surface area contributed by atoms with Gasteiger partial charge in [-0.25, -0.2) is 4.39 Å². The van der Waals surface area contributed by atoms with Crippen molar-refractivity contribution in [2.24, 2.45) is 0 Å². The molecule has 2 spiro atoms. The maximum atomic E-state index is 16.9. The van der Waals surface area contributed by atoms with Crippen molar-refractivity contribution in [3.63, 3.8) is 0 Å². The quantitative estimate of drug-likeness (QED) is 0.287. The Morgan fingerprint density at radius 1 is 1.09 bits per heavy atom. The van der Waals surface area contributed by atoms with Crippen LogP contribution in [0.3, 0.4) is 0 Å². The molecule has 7 heterocycles. The number of anilines is 1. The number of phenolic OH excluding ortho intramolecular Hbond substituents is 1. The van der Waals surface area contributed by atoms with Crippen molar-refractivity contribution in [1.29, 1.82) is 0 Å². The van der Waals surface area contributed by atoms with Crippen LogP contribution in [0, 0.1) is 5.82 Å². The van der Waals surface area contributed by atoms with Crippen LogP contribution in [0.5, 0.6) is 11.8 Å². The molecule has 0 amide bonds. The molecule has 4 aromatic rings. The van der Waals surface area contributed by atoms with Crippen LogP contribution in [-0.2, 0) is 9.47 Å². The lowest BCUT2D eigenvalue weighted by molar-refractivity contribution is 0.0239. The van der Waals surface area contributed by atoms with Crippen LogP contribution in [0.1, 0.15) is 38.5 Å². The van der Waals surface area contributed by atoms with Gasteiger partial charge in [-0.2, -0.15) is 9.97 Å². The lowest BCUT2D eigenvalue weighted by Crippen LogP contribution is -2.62. The smallest absolute Gasteiger partial charge is 0.319 e. The number of nitrogens with one attached hydrogen (secondary N) is 1. The molecule has 0 unspecified atom stereocenters. The second-order valence-corrected chi connectivity index (χ2v) is 14.5. The molecular formula is C35H38ClFN6O4. The average Bonchev–Trinajstić information content (AvgIpc) is 3.70. The van der Waals surface area contributed by atoms with Gasteiger partial charge in [-0.05, 0) is 68.7 Å². The summed E-state index contributed by atoms with van der Waals surface area (Å²) >= 11 is 6.63. The Bertz CT molecular complexity index is 1880. The molecule has 12 heteroatoms. The first-order valence-corrected chi connectivity index (χ1v) is 17.1. The zero-order chi connectivity index (χ0) is 31.8. The van der Waals surface area contributed by atoms with E-state index in [0.29, 0.717) is 65.5 Å². The van der Waals surface area contributed by atoms with E-state index in [-0.39, 0.29) is 46.2 Å². The summed E-state index contributed by atoms with van der Waals surface area (Å²) in [7, 11) is 0. The van der Waals surface area contributed by atoms with Crippen molar-refractivity contribution in [3.05, 3.63) is 47.4 Å². The summed E-state index contributed by atoms with van der Waals surface area (Å²) in [5, 5.41) is 16.7. The number of fused-ring (bicyclic) bond motifs is 9. The van der Waals surface area contributed by atoms with E-state index >= 15 is 4.39 Å². The lowest BCUT2D eigenvalue weighted by Gasteiger charge is -2.42. The molecule has 5 aliphatic heterocycles. The minimum Gasteiger partial charge on any atom is -0.508 e. The second kappa shape index (κ2) is 11.4. The largest absolute Gasteiger partial charge is 0.508 e. The molecule has 0 aliphatic carbocycles. The van der Waals surface area contributed by atoms with Crippen LogP contribution in [0.15, 0.2) is 36.5 Å². The number of phenols is 1. The van der Waals surface area contributed by atoms with Crippen LogP contribution < -0.4 is 15.0 Å². The van der Waals surface area contributed by atoms with Gasteiger partial charge in [-0.3, -0.25) is 9.88 Å². The summed E-state index contributed by atoms with van der Waals surface area (Å²) in [4.78, 5) is 19.1. The van der Waals surface area contributed by atoms with E-state index in [9.17, 15) is 5.11 Å². The first-order valence-electron chi connectivity index (χ1n) is 16.8. The highest BCUT2D eigenvalue weighted by atomic mass is 35.5. The second-order valence-electron chi connectivity index (χ2n) is 14.1.